The molecular weight excluding hydrogens is 355 g/mol. The van der Waals surface area contributed by atoms with E-state index in [1.807, 2.05) is 6.92 Å². The van der Waals surface area contributed by atoms with Crippen molar-refractivity contribution < 1.29 is 17.6 Å². The van der Waals surface area contributed by atoms with Crippen LogP contribution in [-0.4, -0.2) is 32.0 Å². The largest absolute Gasteiger partial charge is 0.335 e. The van der Waals surface area contributed by atoms with Crippen molar-refractivity contribution >= 4 is 21.6 Å². The normalized spacial score (nSPS) is 12.5. The van der Waals surface area contributed by atoms with Crippen molar-refractivity contribution in [1.29, 1.82) is 0 Å². The van der Waals surface area contributed by atoms with E-state index in [1.54, 1.807) is 44.3 Å². The zero-order valence-corrected chi connectivity index (χ0v) is 15.9. The molecule has 0 aliphatic heterocycles. The molecule has 0 aromatic heterocycles. The molecule has 0 fully saturated rings. The SMILES string of the molecule is CCCS(=O)(=O)Nc1cccc(C(=O)N(C)C(C)c2ccc(F)cc2)c1. The molecule has 0 radical (unpaired) electrons. The summed E-state index contributed by atoms with van der Waals surface area (Å²) in [7, 11) is -1.76. The van der Waals surface area contributed by atoms with Crippen LogP contribution in [0, 0.1) is 5.82 Å². The molecule has 0 bridgehead atoms. The molecule has 0 heterocycles. The smallest absolute Gasteiger partial charge is 0.254 e. The summed E-state index contributed by atoms with van der Waals surface area (Å²) in [4.78, 5) is 14.3. The molecule has 26 heavy (non-hydrogen) atoms. The van der Waals surface area contributed by atoms with Gasteiger partial charge < -0.3 is 4.90 Å². The lowest BCUT2D eigenvalue weighted by Gasteiger charge is -2.25. The molecule has 0 aliphatic rings. The van der Waals surface area contributed by atoms with E-state index >= 15 is 0 Å². The number of benzene rings is 2. The Morgan fingerprint density at radius 1 is 1.19 bits per heavy atom. The number of sulfonamides is 1. The van der Waals surface area contributed by atoms with Gasteiger partial charge in [0.1, 0.15) is 5.82 Å². The third kappa shape index (κ3) is 5.05. The standard InChI is InChI=1S/C19H23FN2O3S/c1-4-12-26(24,25)21-18-7-5-6-16(13-18)19(23)22(3)14(2)15-8-10-17(20)11-9-15/h5-11,13-14,21H,4,12H2,1-3H3. The maximum absolute atomic E-state index is 13.1. The fraction of sp³-hybridized carbons (Fsp3) is 0.316. The van der Waals surface area contributed by atoms with E-state index in [0.29, 0.717) is 17.7 Å². The number of carbonyl (C=O) groups excluding carboxylic acids is 1. The predicted octanol–water partition coefficient (Wildman–Crippen LogP) is 3.81. The summed E-state index contributed by atoms with van der Waals surface area (Å²) in [5, 5.41) is 0. The maximum atomic E-state index is 13.1. The molecule has 0 saturated carbocycles. The third-order valence-corrected chi connectivity index (χ3v) is 5.60. The Labute approximate surface area is 153 Å². The monoisotopic (exact) mass is 378 g/mol. The van der Waals surface area contributed by atoms with E-state index in [0.717, 1.165) is 5.56 Å². The first-order valence-electron chi connectivity index (χ1n) is 8.36. The van der Waals surface area contributed by atoms with Crippen LogP contribution < -0.4 is 4.72 Å². The van der Waals surface area contributed by atoms with Crippen molar-refractivity contribution in [2.75, 3.05) is 17.5 Å². The Morgan fingerprint density at radius 3 is 2.46 bits per heavy atom. The topological polar surface area (TPSA) is 66.5 Å². The van der Waals surface area contributed by atoms with Crippen molar-refractivity contribution in [1.82, 2.24) is 4.90 Å². The number of carbonyl (C=O) groups is 1. The van der Waals surface area contributed by atoms with Gasteiger partial charge in [0, 0.05) is 18.3 Å². The van der Waals surface area contributed by atoms with E-state index in [9.17, 15) is 17.6 Å². The zero-order chi connectivity index (χ0) is 19.3. The van der Waals surface area contributed by atoms with Crippen LogP contribution in [0.15, 0.2) is 48.5 Å². The minimum atomic E-state index is -3.42. The highest BCUT2D eigenvalue weighted by Crippen LogP contribution is 2.22. The van der Waals surface area contributed by atoms with Gasteiger partial charge >= 0.3 is 0 Å². The summed E-state index contributed by atoms with van der Waals surface area (Å²) < 4.78 is 39.4. The minimum absolute atomic E-state index is 0.0205. The molecule has 1 N–H and O–H groups in total. The van der Waals surface area contributed by atoms with E-state index < -0.39 is 10.0 Å². The lowest BCUT2D eigenvalue weighted by molar-refractivity contribution is 0.0742. The fourth-order valence-electron chi connectivity index (χ4n) is 2.56. The van der Waals surface area contributed by atoms with Crippen molar-refractivity contribution in [3.8, 4) is 0 Å². The van der Waals surface area contributed by atoms with Gasteiger partial charge in [0.15, 0.2) is 0 Å². The summed E-state index contributed by atoms with van der Waals surface area (Å²) in [6.07, 6.45) is 0.506. The molecule has 5 nitrogen and oxygen atoms in total. The van der Waals surface area contributed by atoms with Gasteiger partial charge in [-0.1, -0.05) is 25.1 Å². The van der Waals surface area contributed by atoms with Crippen LogP contribution in [0.25, 0.3) is 0 Å². The first-order chi connectivity index (χ1) is 12.2. The number of halogens is 1. The van der Waals surface area contributed by atoms with Gasteiger partial charge in [-0.2, -0.15) is 0 Å². The second kappa shape index (κ2) is 8.31. The van der Waals surface area contributed by atoms with Gasteiger partial charge in [0.05, 0.1) is 11.8 Å². The third-order valence-electron chi connectivity index (χ3n) is 4.11. The molecule has 1 atom stereocenters. The van der Waals surface area contributed by atoms with Crippen molar-refractivity contribution in [2.24, 2.45) is 0 Å². The van der Waals surface area contributed by atoms with Crippen LogP contribution in [0.2, 0.25) is 0 Å². The van der Waals surface area contributed by atoms with Crippen LogP contribution in [0.4, 0.5) is 10.1 Å². The van der Waals surface area contributed by atoms with Crippen LogP contribution in [0.5, 0.6) is 0 Å². The Balaban J connectivity index is 2.18. The average molecular weight is 378 g/mol. The van der Waals surface area contributed by atoms with E-state index in [4.69, 9.17) is 0 Å². The average Bonchev–Trinajstić information content (AvgIpc) is 2.60. The Bertz CT molecular complexity index is 867. The highest BCUT2D eigenvalue weighted by Gasteiger charge is 2.20. The number of amides is 1. The number of hydrogen-bond donors (Lipinski definition) is 1. The summed E-state index contributed by atoms with van der Waals surface area (Å²) >= 11 is 0. The van der Waals surface area contributed by atoms with Crippen molar-refractivity contribution in [3.63, 3.8) is 0 Å². The van der Waals surface area contributed by atoms with E-state index in [2.05, 4.69) is 4.72 Å². The minimum Gasteiger partial charge on any atom is -0.335 e. The Hall–Kier alpha value is -2.41. The van der Waals surface area contributed by atoms with Gasteiger partial charge in [-0.25, -0.2) is 12.8 Å². The van der Waals surface area contributed by atoms with Crippen molar-refractivity contribution in [2.45, 2.75) is 26.3 Å². The molecule has 0 spiro atoms. The molecule has 2 aromatic carbocycles. The second-order valence-electron chi connectivity index (χ2n) is 6.15. The first-order valence-corrected chi connectivity index (χ1v) is 10.0. The predicted molar refractivity (Wildman–Crippen MR) is 101 cm³/mol. The highest BCUT2D eigenvalue weighted by molar-refractivity contribution is 7.92. The molecule has 1 unspecified atom stereocenters. The number of hydrogen-bond acceptors (Lipinski definition) is 3. The zero-order valence-electron chi connectivity index (χ0n) is 15.1. The Morgan fingerprint density at radius 2 is 1.85 bits per heavy atom. The number of anilines is 1. The molecule has 2 rings (SSSR count). The van der Waals surface area contributed by atoms with Crippen LogP contribution >= 0.6 is 0 Å². The first kappa shape index (κ1) is 19.9. The van der Waals surface area contributed by atoms with Crippen molar-refractivity contribution in [3.05, 3.63) is 65.5 Å². The molecule has 0 saturated heterocycles. The van der Waals surface area contributed by atoms with Crippen LogP contribution in [0.3, 0.4) is 0 Å². The van der Waals surface area contributed by atoms with E-state index in [-0.39, 0.29) is 23.5 Å². The van der Waals surface area contributed by atoms with Crippen LogP contribution in [0.1, 0.15) is 42.2 Å². The van der Waals surface area contributed by atoms with Gasteiger partial charge in [-0.15, -0.1) is 0 Å². The number of nitrogens with one attached hydrogen (secondary N) is 1. The highest BCUT2D eigenvalue weighted by atomic mass is 32.2. The van der Waals surface area contributed by atoms with Crippen LogP contribution in [-0.2, 0) is 10.0 Å². The lowest BCUT2D eigenvalue weighted by Crippen LogP contribution is -2.29. The van der Waals surface area contributed by atoms with E-state index in [1.165, 1.54) is 23.1 Å². The second-order valence-corrected chi connectivity index (χ2v) is 7.99. The summed E-state index contributed by atoms with van der Waals surface area (Å²) in [5.41, 5.74) is 1.53. The van der Waals surface area contributed by atoms with Gasteiger partial charge in [-0.3, -0.25) is 9.52 Å². The number of rotatable bonds is 7. The fourth-order valence-corrected chi connectivity index (χ4v) is 3.69. The lowest BCUT2D eigenvalue weighted by atomic mass is 10.1. The molecule has 1 amide bonds. The molecule has 140 valence electrons. The van der Waals surface area contributed by atoms with Gasteiger partial charge in [-0.05, 0) is 49.2 Å². The quantitative estimate of drug-likeness (QED) is 0.797. The van der Waals surface area contributed by atoms with Gasteiger partial charge in [0.25, 0.3) is 5.91 Å². The van der Waals surface area contributed by atoms with Gasteiger partial charge in [0.2, 0.25) is 10.0 Å². The Kier molecular flexibility index (Phi) is 6.37. The molecule has 7 heteroatoms. The summed E-state index contributed by atoms with van der Waals surface area (Å²) in [6, 6.07) is 12.1. The maximum Gasteiger partial charge on any atom is 0.254 e. The summed E-state index contributed by atoms with van der Waals surface area (Å²) in [6.45, 7) is 3.63. The molecule has 0 aliphatic carbocycles. The number of nitrogens with zero attached hydrogens (tertiary/aromatic N) is 1. The summed E-state index contributed by atoms with van der Waals surface area (Å²) in [5.74, 6) is -0.562. The molecular formula is C19H23FN2O3S. The molecule has 2 aromatic rings.